The molecule has 1 unspecified atom stereocenters. The van der Waals surface area contributed by atoms with Gasteiger partial charge in [-0.1, -0.05) is 23.4 Å². The van der Waals surface area contributed by atoms with Gasteiger partial charge in [-0.2, -0.15) is 4.98 Å². The van der Waals surface area contributed by atoms with Crippen LogP contribution >= 0.6 is 12.4 Å². The van der Waals surface area contributed by atoms with Crippen molar-refractivity contribution >= 4 is 12.4 Å². The summed E-state index contributed by atoms with van der Waals surface area (Å²) in [6.07, 6.45) is 2.39. The lowest BCUT2D eigenvalue weighted by Crippen LogP contribution is -2.23. The van der Waals surface area contributed by atoms with E-state index in [1.54, 1.807) is 0 Å². The van der Waals surface area contributed by atoms with E-state index in [-0.39, 0.29) is 12.4 Å². The number of rotatable bonds is 4. The molecule has 6 heteroatoms. The van der Waals surface area contributed by atoms with Crippen LogP contribution in [0.1, 0.15) is 47.3 Å². The Morgan fingerprint density at radius 1 is 1.32 bits per heavy atom. The van der Waals surface area contributed by atoms with Crippen molar-refractivity contribution in [2.75, 3.05) is 6.54 Å². The Hall–Kier alpha value is -1.43. The van der Waals surface area contributed by atoms with Crippen LogP contribution < -0.4 is 5.73 Å². The summed E-state index contributed by atoms with van der Waals surface area (Å²) in [5.41, 5.74) is 9.59. The summed E-state index contributed by atoms with van der Waals surface area (Å²) >= 11 is 0. The summed E-state index contributed by atoms with van der Waals surface area (Å²) in [7, 11) is 0. The van der Waals surface area contributed by atoms with Crippen LogP contribution in [0.5, 0.6) is 0 Å². The van der Waals surface area contributed by atoms with Gasteiger partial charge in [0.1, 0.15) is 0 Å². The van der Waals surface area contributed by atoms with E-state index in [1.807, 2.05) is 0 Å². The second-order valence-corrected chi connectivity index (χ2v) is 5.78. The normalized spacial score (nSPS) is 18.4. The molecule has 22 heavy (non-hydrogen) atoms. The Kier molecular flexibility index (Phi) is 5.56. The van der Waals surface area contributed by atoms with Gasteiger partial charge in [-0.3, -0.25) is 4.90 Å². The van der Waals surface area contributed by atoms with Crippen molar-refractivity contribution in [3.05, 3.63) is 46.6 Å². The lowest BCUT2D eigenvalue weighted by Gasteiger charge is -2.24. The Morgan fingerprint density at radius 3 is 2.82 bits per heavy atom. The standard InChI is InChI=1S/C16H22N4O.ClH/c1-11-5-6-13(8-12(11)2)14-4-3-7-20(14)10-15-18-16(9-17)21-19-15;/h5-6,8,14H,3-4,7,9-10,17H2,1-2H3;1H. The average molecular weight is 323 g/mol. The second-order valence-electron chi connectivity index (χ2n) is 5.78. The third-order valence-corrected chi connectivity index (χ3v) is 4.31. The molecule has 1 fully saturated rings. The van der Waals surface area contributed by atoms with Crippen molar-refractivity contribution in [1.82, 2.24) is 15.0 Å². The van der Waals surface area contributed by atoms with E-state index < -0.39 is 0 Å². The van der Waals surface area contributed by atoms with E-state index in [4.69, 9.17) is 10.3 Å². The zero-order valence-corrected chi connectivity index (χ0v) is 13.9. The Balaban J connectivity index is 0.00000176. The van der Waals surface area contributed by atoms with Crippen molar-refractivity contribution in [3.63, 3.8) is 0 Å². The van der Waals surface area contributed by atoms with Gasteiger partial charge < -0.3 is 10.3 Å². The number of benzene rings is 1. The van der Waals surface area contributed by atoms with Gasteiger partial charge in [0.05, 0.1) is 13.1 Å². The molecule has 0 radical (unpaired) electrons. The van der Waals surface area contributed by atoms with Crippen LogP contribution in [0.2, 0.25) is 0 Å². The zero-order valence-electron chi connectivity index (χ0n) is 13.1. The zero-order chi connectivity index (χ0) is 14.8. The Bertz CT molecular complexity index is 628. The molecule has 2 N–H and O–H groups in total. The average Bonchev–Trinajstić information content (AvgIpc) is 3.11. The van der Waals surface area contributed by atoms with Gasteiger partial charge in [0, 0.05) is 6.04 Å². The highest BCUT2D eigenvalue weighted by Gasteiger charge is 2.27. The first-order valence-corrected chi connectivity index (χ1v) is 7.50. The monoisotopic (exact) mass is 322 g/mol. The maximum absolute atomic E-state index is 5.51. The molecule has 1 aliphatic heterocycles. The van der Waals surface area contributed by atoms with Crippen molar-refractivity contribution in [2.24, 2.45) is 5.73 Å². The molecule has 0 saturated carbocycles. The molecule has 0 amide bonds. The quantitative estimate of drug-likeness (QED) is 0.937. The van der Waals surface area contributed by atoms with Crippen LogP contribution in [0.3, 0.4) is 0 Å². The molecule has 5 nitrogen and oxygen atoms in total. The smallest absolute Gasteiger partial charge is 0.240 e. The number of aryl methyl sites for hydroxylation is 2. The van der Waals surface area contributed by atoms with Gasteiger partial charge >= 0.3 is 0 Å². The van der Waals surface area contributed by atoms with Crippen LogP contribution in [0, 0.1) is 13.8 Å². The highest BCUT2D eigenvalue weighted by molar-refractivity contribution is 5.85. The number of nitrogens with zero attached hydrogens (tertiary/aromatic N) is 3. The van der Waals surface area contributed by atoms with E-state index in [0.717, 1.165) is 18.9 Å². The van der Waals surface area contributed by atoms with Gasteiger partial charge in [-0.25, -0.2) is 0 Å². The molecule has 1 aliphatic rings. The van der Waals surface area contributed by atoms with E-state index >= 15 is 0 Å². The lowest BCUT2D eigenvalue weighted by atomic mass is 9.99. The fourth-order valence-electron chi connectivity index (χ4n) is 2.98. The summed E-state index contributed by atoms with van der Waals surface area (Å²) in [6, 6.07) is 7.21. The third kappa shape index (κ3) is 3.48. The molecule has 2 aromatic rings. The summed E-state index contributed by atoms with van der Waals surface area (Å²) < 4.78 is 5.09. The maximum atomic E-state index is 5.51. The predicted molar refractivity (Wildman–Crippen MR) is 87.7 cm³/mol. The Morgan fingerprint density at radius 2 is 2.14 bits per heavy atom. The number of hydrogen-bond acceptors (Lipinski definition) is 5. The first-order valence-electron chi connectivity index (χ1n) is 7.50. The molecule has 0 aliphatic carbocycles. The minimum Gasteiger partial charge on any atom is -0.338 e. The van der Waals surface area contributed by atoms with E-state index in [9.17, 15) is 0 Å². The minimum atomic E-state index is 0. The van der Waals surface area contributed by atoms with Gasteiger partial charge in [0.2, 0.25) is 5.89 Å². The first kappa shape index (κ1) is 16.9. The van der Waals surface area contributed by atoms with Gasteiger partial charge in [-0.05, 0) is 49.9 Å². The van der Waals surface area contributed by atoms with Crippen LogP contribution in [-0.4, -0.2) is 21.6 Å². The summed E-state index contributed by atoms with van der Waals surface area (Å²) in [6.45, 7) is 6.42. The van der Waals surface area contributed by atoms with Gasteiger partial charge in [0.25, 0.3) is 0 Å². The van der Waals surface area contributed by atoms with E-state index in [0.29, 0.717) is 18.5 Å². The number of halogens is 1. The van der Waals surface area contributed by atoms with E-state index in [2.05, 4.69) is 47.1 Å². The van der Waals surface area contributed by atoms with Crippen LogP contribution in [-0.2, 0) is 13.1 Å². The molecule has 1 saturated heterocycles. The first-order chi connectivity index (χ1) is 10.2. The summed E-state index contributed by atoms with van der Waals surface area (Å²) in [4.78, 5) is 6.73. The topological polar surface area (TPSA) is 68.2 Å². The molecular formula is C16H23ClN4O. The third-order valence-electron chi connectivity index (χ3n) is 4.31. The minimum absolute atomic E-state index is 0. The van der Waals surface area contributed by atoms with Crippen molar-refractivity contribution in [2.45, 2.75) is 45.8 Å². The number of aromatic nitrogens is 2. The fourth-order valence-corrected chi connectivity index (χ4v) is 2.98. The highest BCUT2D eigenvalue weighted by atomic mass is 35.5. The molecule has 1 aromatic heterocycles. The molecule has 120 valence electrons. The number of hydrogen-bond donors (Lipinski definition) is 1. The van der Waals surface area contributed by atoms with Gasteiger partial charge in [-0.15, -0.1) is 12.4 Å². The second kappa shape index (κ2) is 7.22. The fraction of sp³-hybridized carbons (Fsp3) is 0.500. The number of likely N-dealkylation sites (tertiary alicyclic amines) is 1. The van der Waals surface area contributed by atoms with Crippen molar-refractivity contribution in [3.8, 4) is 0 Å². The molecule has 3 rings (SSSR count). The van der Waals surface area contributed by atoms with Crippen LogP contribution in [0.4, 0.5) is 0 Å². The molecular weight excluding hydrogens is 300 g/mol. The largest absolute Gasteiger partial charge is 0.338 e. The lowest BCUT2D eigenvalue weighted by molar-refractivity contribution is 0.238. The molecule has 1 atom stereocenters. The van der Waals surface area contributed by atoms with Gasteiger partial charge in [0.15, 0.2) is 5.82 Å². The summed E-state index contributed by atoms with van der Waals surface area (Å²) in [5.74, 6) is 1.23. The van der Waals surface area contributed by atoms with Crippen LogP contribution in [0.15, 0.2) is 22.7 Å². The van der Waals surface area contributed by atoms with Crippen molar-refractivity contribution in [1.29, 1.82) is 0 Å². The Labute approximate surface area is 137 Å². The molecule has 0 bridgehead atoms. The van der Waals surface area contributed by atoms with Crippen molar-refractivity contribution < 1.29 is 4.52 Å². The molecule has 1 aromatic carbocycles. The molecule has 0 spiro atoms. The van der Waals surface area contributed by atoms with Crippen LogP contribution in [0.25, 0.3) is 0 Å². The van der Waals surface area contributed by atoms with E-state index in [1.165, 1.54) is 29.5 Å². The highest BCUT2D eigenvalue weighted by Crippen LogP contribution is 2.33. The maximum Gasteiger partial charge on any atom is 0.240 e. The molecule has 2 heterocycles. The number of nitrogens with two attached hydrogens (primary N) is 1. The predicted octanol–water partition coefficient (Wildman–Crippen LogP) is 2.90. The summed E-state index contributed by atoms with van der Waals surface area (Å²) in [5, 5.41) is 4.00. The SMILES string of the molecule is Cc1ccc(C2CCCN2Cc2noc(CN)n2)cc1C.Cl.